The third kappa shape index (κ3) is 2.77. The topological polar surface area (TPSA) is 34.0 Å². The van der Waals surface area contributed by atoms with Crippen molar-refractivity contribution in [3.8, 4) is 0 Å². The maximum absolute atomic E-state index is 12.2. The molecule has 0 aliphatic carbocycles. The molecule has 0 aliphatic heterocycles. The molecule has 0 unspecified atom stereocenters. The standard InChI is InChI=1S/C13H12BrIN2O/c1-8-3-6-12(17(8)2)13(18)16-11-7-9(15)4-5-10(11)14/h3-7H,1-2H3,(H,16,18). The smallest absolute Gasteiger partial charge is 0.272 e. The normalized spacial score (nSPS) is 10.4. The van der Waals surface area contributed by atoms with Crippen LogP contribution in [0.2, 0.25) is 0 Å². The number of nitrogens with zero attached hydrogens (tertiary/aromatic N) is 1. The fraction of sp³-hybridized carbons (Fsp3) is 0.154. The van der Waals surface area contributed by atoms with Crippen LogP contribution in [0, 0.1) is 10.5 Å². The van der Waals surface area contributed by atoms with Gasteiger partial charge in [-0.1, -0.05) is 0 Å². The second-order valence-corrected chi connectivity index (χ2v) is 6.10. The highest BCUT2D eigenvalue weighted by Crippen LogP contribution is 2.25. The fourth-order valence-corrected chi connectivity index (χ4v) is 2.46. The van der Waals surface area contributed by atoms with Crippen molar-refractivity contribution in [1.29, 1.82) is 0 Å². The van der Waals surface area contributed by atoms with E-state index in [0.29, 0.717) is 5.69 Å². The van der Waals surface area contributed by atoms with Crippen molar-refractivity contribution >= 4 is 50.1 Å². The van der Waals surface area contributed by atoms with Crippen LogP contribution >= 0.6 is 38.5 Å². The molecule has 5 heteroatoms. The van der Waals surface area contributed by atoms with Crippen LogP contribution < -0.4 is 5.32 Å². The average Bonchev–Trinajstić information content (AvgIpc) is 2.65. The molecule has 0 spiro atoms. The Hall–Kier alpha value is -0.820. The third-order valence-corrected chi connectivity index (χ3v) is 4.14. The Balaban J connectivity index is 2.27. The van der Waals surface area contributed by atoms with Gasteiger partial charge in [0, 0.05) is 20.8 Å². The van der Waals surface area contributed by atoms with Crippen LogP contribution in [-0.2, 0) is 7.05 Å². The lowest BCUT2D eigenvalue weighted by Gasteiger charge is -2.09. The molecule has 0 saturated heterocycles. The number of hydrogen-bond donors (Lipinski definition) is 1. The van der Waals surface area contributed by atoms with Gasteiger partial charge in [0.05, 0.1) is 5.69 Å². The Bertz CT molecular complexity index is 607. The van der Waals surface area contributed by atoms with Crippen LogP contribution in [0.25, 0.3) is 0 Å². The maximum Gasteiger partial charge on any atom is 0.272 e. The summed E-state index contributed by atoms with van der Waals surface area (Å²) >= 11 is 5.65. The minimum Gasteiger partial charge on any atom is -0.344 e. The van der Waals surface area contributed by atoms with Crippen LogP contribution in [0.15, 0.2) is 34.8 Å². The van der Waals surface area contributed by atoms with Gasteiger partial charge in [-0.25, -0.2) is 0 Å². The molecule has 18 heavy (non-hydrogen) atoms. The maximum atomic E-state index is 12.2. The van der Waals surface area contributed by atoms with Gasteiger partial charge < -0.3 is 9.88 Å². The molecule has 1 aromatic heterocycles. The first kappa shape index (κ1) is 13.6. The Kier molecular flexibility index (Phi) is 4.11. The van der Waals surface area contributed by atoms with Crippen LogP contribution in [0.1, 0.15) is 16.2 Å². The van der Waals surface area contributed by atoms with E-state index in [4.69, 9.17) is 0 Å². The molecule has 1 N–H and O–H groups in total. The van der Waals surface area contributed by atoms with Gasteiger partial charge in [-0.05, 0) is 75.8 Å². The molecular weight excluding hydrogens is 407 g/mol. The third-order valence-electron chi connectivity index (χ3n) is 2.78. The summed E-state index contributed by atoms with van der Waals surface area (Å²) in [4.78, 5) is 12.2. The van der Waals surface area contributed by atoms with Crippen LogP contribution in [0.3, 0.4) is 0 Å². The van der Waals surface area contributed by atoms with Crippen molar-refractivity contribution < 1.29 is 4.79 Å². The van der Waals surface area contributed by atoms with Crippen molar-refractivity contribution in [2.45, 2.75) is 6.92 Å². The molecule has 1 heterocycles. The number of amides is 1. The SMILES string of the molecule is Cc1ccc(C(=O)Nc2cc(I)ccc2Br)n1C. The van der Waals surface area contributed by atoms with Gasteiger partial charge in [0.25, 0.3) is 5.91 Å². The summed E-state index contributed by atoms with van der Waals surface area (Å²) in [5.41, 5.74) is 2.49. The first-order valence-corrected chi connectivity index (χ1v) is 7.25. The van der Waals surface area contributed by atoms with E-state index in [1.54, 1.807) is 0 Å². The molecule has 0 bridgehead atoms. The number of aryl methyl sites for hydroxylation is 1. The summed E-state index contributed by atoms with van der Waals surface area (Å²) in [6, 6.07) is 9.59. The molecule has 94 valence electrons. The quantitative estimate of drug-likeness (QED) is 0.736. The summed E-state index contributed by atoms with van der Waals surface area (Å²) < 4.78 is 3.83. The lowest BCUT2D eigenvalue weighted by molar-refractivity contribution is 0.101. The highest BCUT2D eigenvalue weighted by Gasteiger charge is 2.12. The minimum absolute atomic E-state index is 0.103. The van der Waals surface area contributed by atoms with Crippen LogP contribution in [-0.4, -0.2) is 10.5 Å². The van der Waals surface area contributed by atoms with Gasteiger partial charge in [-0.3, -0.25) is 4.79 Å². The number of hydrogen-bond acceptors (Lipinski definition) is 1. The Labute approximate surface area is 128 Å². The molecule has 0 atom stereocenters. The molecule has 2 aromatic rings. The number of anilines is 1. The Morgan fingerprint density at radius 1 is 1.33 bits per heavy atom. The van der Waals surface area contributed by atoms with Crippen LogP contribution in [0.5, 0.6) is 0 Å². The average molecular weight is 419 g/mol. The van der Waals surface area contributed by atoms with Gasteiger partial charge in [0.15, 0.2) is 0 Å². The Morgan fingerprint density at radius 3 is 2.67 bits per heavy atom. The summed E-state index contributed by atoms with van der Waals surface area (Å²) in [5, 5.41) is 2.91. The highest BCUT2D eigenvalue weighted by atomic mass is 127. The molecule has 3 nitrogen and oxygen atoms in total. The van der Waals surface area contributed by atoms with Gasteiger partial charge in [-0.2, -0.15) is 0 Å². The number of halogens is 2. The summed E-state index contributed by atoms with van der Waals surface area (Å²) in [6.45, 7) is 1.97. The van der Waals surface area contributed by atoms with Gasteiger partial charge >= 0.3 is 0 Å². The van der Waals surface area contributed by atoms with E-state index < -0.39 is 0 Å². The number of carbonyl (C=O) groups excluding carboxylic acids is 1. The van der Waals surface area contributed by atoms with E-state index in [1.807, 2.05) is 48.9 Å². The highest BCUT2D eigenvalue weighted by molar-refractivity contribution is 14.1. The lowest BCUT2D eigenvalue weighted by atomic mass is 10.3. The molecule has 0 fully saturated rings. The van der Waals surface area contributed by atoms with E-state index in [2.05, 4.69) is 43.8 Å². The Morgan fingerprint density at radius 2 is 2.06 bits per heavy atom. The second-order valence-electron chi connectivity index (χ2n) is 4.00. The molecule has 0 saturated carbocycles. The predicted molar refractivity (Wildman–Crippen MR) is 85.0 cm³/mol. The van der Waals surface area contributed by atoms with Crippen molar-refractivity contribution in [2.75, 3.05) is 5.32 Å². The first-order valence-electron chi connectivity index (χ1n) is 5.38. The molecule has 1 amide bonds. The number of aromatic nitrogens is 1. The van der Waals surface area contributed by atoms with E-state index in [9.17, 15) is 4.79 Å². The monoisotopic (exact) mass is 418 g/mol. The number of nitrogens with one attached hydrogen (secondary N) is 1. The van der Waals surface area contributed by atoms with Crippen molar-refractivity contribution in [2.24, 2.45) is 7.05 Å². The molecular formula is C13H12BrIN2O. The first-order chi connectivity index (χ1) is 8.49. The summed E-state index contributed by atoms with van der Waals surface area (Å²) in [7, 11) is 1.88. The molecule has 0 radical (unpaired) electrons. The largest absolute Gasteiger partial charge is 0.344 e. The molecule has 2 rings (SSSR count). The van der Waals surface area contributed by atoms with Crippen molar-refractivity contribution in [3.63, 3.8) is 0 Å². The second kappa shape index (κ2) is 5.44. The summed E-state index contributed by atoms with van der Waals surface area (Å²) in [6.07, 6.45) is 0. The number of rotatable bonds is 2. The van der Waals surface area contributed by atoms with Crippen molar-refractivity contribution in [3.05, 3.63) is 49.8 Å². The summed E-state index contributed by atoms with van der Waals surface area (Å²) in [5.74, 6) is -0.103. The van der Waals surface area contributed by atoms with Crippen LogP contribution in [0.4, 0.5) is 5.69 Å². The van der Waals surface area contributed by atoms with Gasteiger partial charge in [0.1, 0.15) is 5.69 Å². The van der Waals surface area contributed by atoms with E-state index in [1.165, 1.54) is 0 Å². The van der Waals surface area contributed by atoms with Gasteiger partial charge in [-0.15, -0.1) is 0 Å². The van der Waals surface area contributed by atoms with Crippen molar-refractivity contribution in [1.82, 2.24) is 4.57 Å². The minimum atomic E-state index is -0.103. The van der Waals surface area contributed by atoms with E-state index >= 15 is 0 Å². The van der Waals surface area contributed by atoms with E-state index in [-0.39, 0.29) is 5.91 Å². The molecule has 1 aromatic carbocycles. The zero-order chi connectivity index (χ0) is 13.3. The zero-order valence-corrected chi connectivity index (χ0v) is 13.7. The number of benzene rings is 1. The van der Waals surface area contributed by atoms with E-state index in [0.717, 1.165) is 19.4 Å². The fourth-order valence-electron chi connectivity index (χ4n) is 1.62. The molecule has 0 aliphatic rings. The lowest BCUT2D eigenvalue weighted by Crippen LogP contribution is -2.16. The zero-order valence-electron chi connectivity index (χ0n) is 10.00. The predicted octanol–water partition coefficient (Wildman–Crippen LogP) is 3.95. The number of carbonyl (C=O) groups is 1. The van der Waals surface area contributed by atoms with Gasteiger partial charge in [0.2, 0.25) is 0 Å².